The summed E-state index contributed by atoms with van der Waals surface area (Å²) in [4.78, 5) is 94.8. The number of carbonyl (C=O) groups is 3. The van der Waals surface area contributed by atoms with Crippen LogP contribution in [0.3, 0.4) is 0 Å². The van der Waals surface area contributed by atoms with Gasteiger partial charge in [0.15, 0.2) is 0 Å². The fraction of sp³-hybridized carbons (Fsp3) is 0.323. The molecule has 240 valence electrons. The third-order valence-corrected chi connectivity index (χ3v) is 7.27. The van der Waals surface area contributed by atoms with E-state index in [1.165, 1.54) is 0 Å². The van der Waals surface area contributed by atoms with Gasteiger partial charge in [-0.25, -0.2) is 14.4 Å². The van der Waals surface area contributed by atoms with Gasteiger partial charge in [-0.05, 0) is 43.0 Å². The van der Waals surface area contributed by atoms with E-state index in [0.717, 1.165) is 27.2 Å². The number of ether oxygens (including phenoxy) is 2. The first kappa shape index (κ1) is 31.7. The number of benzene rings is 2. The van der Waals surface area contributed by atoms with Crippen LogP contribution in [0.4, 0.5) is 4.79 Å². The lowest BCUT2D eigenvalue weighted by molar-refractivity contribution is -0.159. The Bertz CT molecular complexity index is 2010. The second-order valence-electron chi connectivity index (χ2n) is 11.6. The number of alkyl carbamates (subject to hydrolysis) is 1. The fourth-order valence-electron chi connectivity index (χ4n) is 5.37. The predicted octanol–water partition coefficient (Wildman–Crippen LogP) is 0.775. The molecule has 4 aromatic rings. The van der Waals surface area contributed by atoms with E-state index in [4.69, 9.17) is 9.47 Å². The Labute approximate surface area is 260 Å². The largest absolute Gasteiger partial charge is 0.459 e. The van der Waals surface area contributed by atoms with Crippen LogP contribution in [-0.2, 0) is 25.6 Å². The van der Waals surface area contributed by atoms with Crippen LogP contribution in [0.2, 0.25) is 0 Å². The highest BCUT2D eigenvalue weighted by Crippen LogP contribution is 2.44. The van der Waals surface area contributed by atoms with E-state index < -0.39 is 70.2 Å². The van der Waals surface area contributed by atoms with Crippen LogP contribution in [0.5, 0.6) is 0 Å². The lowest BCUT2D eigenvalue weighted by Crippen LogP contribution is -2.46. The van der Waals surface area contributed by atoms with Crippen LogP contribution in [0.25, 0.3) is 22.2 Å². The Morgan fingerprint density at radius 1 is 0.891 bits per heavy atom. The zero-order valence-corrected chi connectivity index (χ0v) is 25.3. The van der Waals surface area contributed by atoms with Gasteiger partial charge >= 0.3 is 23.4 Å². The topological polar surface area (TPSA) is 206 Å². The third kappa shape index (κ3) is 6.82. The molecular weight excluding hydrogens is 600 g/mol. The molecule has 0 unspecified atom stereocenters. The average Bonchev–Trinajstić information content (AvgIpc) is 3.29. The van der Waals surface area contributed by atoms with Gasteiger partial charge in [-0.1, -0.05) is 48.5 Å². The Hall–Kier alpha value is -5.73. The van der Waals surface area contributed by atoms with E-state index in [0.29, 0.717) is 4.57 Å². The van der Waals surface area contributed by atoms with Crippen molar-refractivity contribution in [1.82, 2.24) is 29.7 Å². The molecule has 46 heavy (non-hydrogen) atoms. The van der Waals surface area contributed by atoms with E-state index >= 15 is 0 Å². The molecule has 4 N–H and O–H groups in total. The smallest absolute Gasteiger partial charge is 0.407 e. The summed E-state index contributed by atoms with van der Waals surface area (Å²) in [5.74, 6) is -1.73. The maximum atomic E-state index is 13.4. The molecule has 15 nitrogen and oxygen atoms in total. The van der Waals surface area contributed by atoms with Crippen molar-refractivity contribution < 1.29 is 23.9 Å². The normalized spacial score (nSPS) is 12.3. The second-order valence-corrected chi connectivity index (χ2v) is 11.6. The lowest BCUT2D eigenvalue weighted by atomic mass is 9.98. The van der Waals surface area contributed by atoms with Gasteiger partial charge in [0.05, 0.1) is 0 Å². The predicted molar refractivity (Wildman–Crippen MR) is 166 cm³/mol. The first-order valence-electron chi connectivity index (χ1n) is 14.4. The Morgan fingerprint density at radius 2 is 1.50 bits per heavy atom. The number of aromatic amines is 3. The standard InChI is InChI=1S/C31H32N6O9/c1-31(2,3)46-23(39)15-36(22(38)14-37-25-24(27(41)35-29(37)43)26(40)34-28(42)33-25)13-12-32-30(44)45-16-21-19-10-6-4-8-17(19)18-9-5-7-11-20(18)21/h4-11,21H,12-16H2,1-3H3,(H,32,44)(H,35,41,43)(H2,33,34,40,42). The van der Waals surface area contributed by atoms with Crippen molar-refractivity contribution in [2.45, 2.75) is 38.8 Å². The number of H-pyrrole nitrogens is 3. The summed E-state index contributed by atoms with van der Waals surface area (Å²) >= 11 is 0. The van der Waals surface area contributed by atoms with Gasteiger partial charge < -0.3 is 19.7 Å². The van der Waals surface area contributed by atoms with Crippen LogP contribution >= 0.6 is 0 Å². The molecule has 0 bridgehead atoms. The summed E-state index contributed by atoms with van der Waals surface area (Å²) in [6, 6.07) is 15.8. The maximum absolute atomic E-state index is 13.4. The molecule has 0 fully saturated rings. The molecule has 1 aliphatic rings. The minimum Gasteiger partial charge on any atom is -0.459 e. The highest BCUT2D eigenvalue weighted by atomic mass is 16.6. The number of nitrogens with zero attached hydrogens (tertiary/aromatic N) is 2. The molecule has 0 saturated heterocycles. The molecule has 0 aliphatic heterocycles. The van der Waals surface area contributed by atoms with Crippen molar-refractivity contribution in [1.29, 1.82) is 0 Å². The fourth-order valence-corrected chi connectivity index (χ4v) is 5.37. The summed E-state index contributed by atoms with van der Waals surface area (Å²) in [6.45, 7) is 3.37. The Kier molecular flexibility index (Phi) is 8.76. The van der Waals surface area contributed by atoms with Crippen LogP contribution < -0.4 is 27.8 Å². The second kappa shape index (κ2) is 12.7. The first-order chi connectivity index (χ1) is 21.8. The van der Waals surface area contributed by atoms with Gasteiger partial charge in [0.25, 0.3) is 11.1 Å². The van der Waals surface area contributed by atoms with E-state index in [1.807, 2.05) is 58.5 Å². The first-order valence-corrected chi connectivity index (χ1v) is 14.4. The monoisotopic (exact) mass is 632 g/mol. The summed E-state index contributed by atoms with van der Waals surface area (Å²) in [5.41, 5.74) is -1.28. The van der Waals surface area contributed by atoms with Crippen LogP contribution in [0.15, 0.2) is 67.7 Å². The van der Waals surface area contributed by atoms with Crippen molar-refractivity contribution in [3.05, 3.63) is 101 Å². The summed E-state index contributed by atoms with van der Waals surface area (Å²) in [6.07, 6.45) is -0.744. The number of hydrogen-bond donors (Lipinski definition) is 4. The molecule has 5 rings (SSSR count). The van der Waals surface area contributed by atoms with Crippen molar-refractivity contribution in [3.63, 3.8) is 0 Å². The third-order valence-electron chi connectivity index (χ3n) is 7.27. The van der Waals surface area contributed by atoms with Crippen molar-refractivity contribution in [2.24, 2.45) is 0 Å². The molecule has 2 amide bonds. The minimum absolute atomic E-state index is 0.0694. The number of nitrogens with one attached hydrogen (secondary N) is 4. The highest BCUT2D eigenvalue weighted by molar-refractivity contribution is 5.83. The van der Waals surface area contributed by atoms with Gasteiger partial charge in [-0.2, -0.15) is 0 Å². The molecule has 2 aromatic heterocycles. The number of aromatic nitrogens is 4. The van der Waals surface area contributed by atoms with Crippen LogP contribution in [0, 0.1) is 0 Å². The van der Waals surface area contributed by atoms with E-state index in [1.54, 1.807) is 20.8 Å². The Balaban J connectivity index is 1.28. The molecule has 1 aliphatic carbocycles. The van der Waals surface area contributed by atoms with E-state index in [9.17, 15) is 33.6 Å². The molecule has 0 radical (unpaired) electrons. The molecule has 0 atom stereocenters. The van der Waals surface area contributed by atoms with Gasteiger partial charge in [0.1, 0.15) is 36.3 Å². The quantitative estimate of drug-likeness (QED) is 0.192. The summed E-state index contributed by atoms with van der Waals surface area (Å²) < 4.78 is 11.6. The van der Waals surface area contributed by atoms with E-state index in [2.05, 4.69) is 10.3 Å². The lowest BCUT2D eigenvalue weighted by Gasteiger charge is -2.25. The summed E-state index contributed by atoms with van der Waals surface area (Å²) in [5, 5.41) is 2.01. The number of esters is 1. The number of fused-ring (bicyclic) bond motifs is 4. The van der Waals surface area contributed by atoms with Crippen molar-refractivity contribution >= 4 is 29.0 Å². The molecule has 2 aromatic carbocycles. The molecular formula is C31H32N6O9. The van der Waals surface area contributed by atoms with E-state index in [-0.39, 0.29) is 25.6 Å². The maximum Gasteiger partial charge on any atom is 0.407 e. The number of amides is 2. The zero-order chi connectivity index (χ0) is 33.2. The SMILES string of the molecule is CC(C)(C)OC(=O)CN(CCNC(=O)OCC1c2ccccc2-c2ccccc21)C(=O)Cn1c(=O)[nH]c(=O)c2c(=O)[nH]c(=O)[nH]c21. The number of carbonyl (C=O) groups excluding carboxylic acids is 3. The minimum atomic E-state index is -1.07. The molecule has 0 spiro atoms. The summed E-state index contributed by atoms with van der Waals surface area (Å²) in [7, 11) is 0. The Morgan fingerprint density at radius 3 is 2.13 bits per heavy atom. The van der Waals surface area contributed by atoms with Gasteiger partial charge in [-0.15, -0.1) is 0 Å². The molecule has 2 heterocycles. The number of rotatable bonds is 9. The zero-order valence-electron chi connectivity index (χ0n) is 25.3. The van der Waals surface area contributed by atoms with Crippen LogP contribution in [-0.4, -0.2) is 74.2 Å². The molecule has 15 heteroatoms. The van der Waals surface area contributed by atoms with Gasteiger partial charge in [0, 0.05) is 19.0 Å². The van der Waals surface area contributed by atoms with Crippen molar-refractivity contribution in [2.75, 3.05) is 26.2 Å². The highest BCUT2D eigenvalue weighted by Gasteiger charge is 2.29. The van der Waals surface area contributed by atoms with Gasteiger partial charge in [-0.3, -0.25) is 38.7 Å². The van der Waals surface area contributed by atoms with Gasteiger partial charge in [0.2, 0.25) is 5.91 Å². The van der Waals surface area contributed by atoms with Crippen LogP contribution in [0.1, 0.15) is 37.8 Å². The molecule has 0 saturated carbocycles. The average molecular weight is 633 g/mol. The van der Waals surface area contributed by atoms with Crippen molar-refractivity contribution in [3.8, 4) is 11.1 Å². The number of hydrogen-bond acceptors (Lipinski definition) is 9.